The molecule has 0 saturated carbocycles. The Kier molecular flexibility index (Phi) is 4.14. The second-order valence-electron chi connectivity index (χ2n) is 2.83. The van der Waals surface area contributed by atoms with Gasteiger partial charge in [0.15, 0.2) is 0 Å². The number of halogens is 1. The molecular formula is C9H10BClO4. The highest BCUT2D eigenvalue weighted by atomic mass is 35.5. The Hall–Kier alpha value is -1.04. The number of carbonyl (C=O) groups is 1. The first-order chi connectivity index (χ1) is 7.06. The van der Waals surface area contributed by atoms with Crippen molar-refractivity contribution in [2.75, 3.05) is 6.61 Å². The average Bonchev–Trinajstić information content (AvgIpc) is 2.18. The Bertz CT molecular complexity index is 367. The van der Waals surface area contributed by atoms with Crippen molar-refractivity contribution >= 4 is 30.2 Å². The zero-order chi connectivity index (χ0) is 11.4. The van der Waals surface area contributed by atoms with E-state index in [1.54, 1.807) is 6.92 Å². The number of ether oxygens (including phenoxy) is 1. The van der Waals surface area contributed by atoms with Gasteiger partial charge in [-0.1, -0.05) is 11.6 Å². The van der Waals surface area contributed by atoms with Gasteiger partial charge in [0.05, 0.1) is 12.2 Å². The largest absolute Gasteiger partial charge is 0.489 e. The molecule has 0 unspecified atom stereocenters. The Morgan fingerprint density at radius 1 is 1.53 bits per heavy atom. The molecule has 6 heteroatoms. The quantitative estimate of drug-likeness (QED) is 0.573. The molecule has 0 amide bonds. The number of hydrogen-bond donors (Lipinski definition) is 2. The van der Waals surface area contributed by atoms with Gasteiger partial charge in [-0.2, -0.15) is 0 Å². The fourth-order valence-corrected chi connectivity index (χ4v) is 1.30. The SMILES string of the molecule is CCOC(=O)c1ccc(Cl)c(B(O)O)c1. The van der Waals surface area contributed by atoms with Crippen molar-refractivity contribution in [3.05, 3.63) is 28.8 Å². The maximum absolute atomic E-state index is 11.3. The van der Waals surface area contributed by atoms with E-state index < -0.39 is 13.1 Å². The Morgan fingerprint density at radius 2 is 2.20 bits per heavy atom. The van der Waals surface area contributed by atoms with Gasteiger partial charge in [-0.3, -0.25) is 0 Å². The molecular weight excluding hydrogens is 218 g/mol. The number of benzene rings is 1. The summed E-state index contributed by atoms with van der Waals surface area (Å²) in [6.45, 7) is 1.95. The van der Waals surface area contributed by atoms with Crippen molar-refractivity contribution in [3.8, 4) is 0 Å². The molecule has 1 aromatic carbocycles. The monoisotopic (exact) mass is 228 g/mol. The summed E-state index contributed by atoms with van der Waals surface area (Å²) in [4.78, 5) is 11.3. The van der Waals surface area contributed by atoms with Crippen molar-refractivity contribution in [1.29, 1.82) is 0 Å². The first-order valence-electron chi connectivity index (χ1n) is 4.39. The van der Waals surface area contributed by atoms with E-state index in [1.165, 1.54) is 18.2 Å². The van der Waals surface area contributed by atoms with E-state index >= 15 is 0 Å². The predicted octanol–water partition coefficient (Wildman–Crippen LogP) is 0.197. The maximum atomic E-state index is 11.3. The summed E-state index contributed by atoms with van der Waals surface area (Å²) in [5.74, 6) is -0.518. The van der Waals surface area contributed by atoms with Gasteiger partial charge in [0.25, 0.3) is 0 Å². The minimum absolute atomic E-state index is 0.0854. The van der Waals surface area contributed by atoms with Crippen LogP contribution in [0.3, 0.4) is 0 Å². The lowest BCUT2D eigenvalue weighted by molar-refractivity contribution is 0.0526. The number of rotatable bonds is 3. The van der Waals surface area contributed by atoms with E-state index in [0.29, 0.717) is 0 Å². The standard InChI is InChI=1S/C9H10BClO4/c1-2-15-9(12)6-3-4-8(11)7(5-6)10(13)14/h3-5,13-14H,2H2,1H3. The molecule has 15 heavy (non-hydrogen) atoms. The van der Waals surface area contributed by atoms with Crippen LogP contribution in [-0.4, -0.2) is 29.7 Å². The predicted molar refractivity (Wildman–Crippen MR) is 57.2 cm³/mol. The van der Waals surface area contributed by atoms with E-state index in [1.807, 2.05) is 0 Å². The molecule has 0 aliphatic heterocycles. The van der Waals surface area contributed by atoms with Gasteiger partial charge in [0, 0.05) is 10.5 Å². The van der Waals surface area contributed by atoms with Crippen molar-refractivity contribution in [2.24, 2.45) is 0 Å². The van der Waals surface area contributed by atoms with Crippen LogP contribution >= 0.6 is 11.6 Å². The van der Waals surface area contributed by atoms with Crippen molar-refractivity contribution in [1.82, 2.24) is 0 Å². The Balaban J connectivity index is 3.02. The summed E-state index contributed by atoms with van der Waals surface area (Å²) < 4.78 is 4.76. The molecule has 0 heterocycles. The smallest absolute Gasteiger partial charge is 0.462 e. The summed E-state index contributed by atoms with van der Waals surface area (Å²) in [7, 11) is -1.70. The van der Waals surface area contributed by atoms with Crippen LogP contribution in [0.2, 0.25) is 5.02 Å². The summed E-state index contributed by atoms with van der Waals surface area (Å²) >= 11 is 5.70. The molecule has 1 aromatic rings. The summed E-state index contributed by atoms with van der Waals surface area (Å²) in [5, 5.41) is 18.1. The third kappa shape index (κ3) is 2.96. The molecule has 0 spiro atoms. The minimum Gasteiger partial charge on any atom is -0.462 e. The lowest BCUT2D eigenvalue weighted by atomic mass is 9.79. The third-order valence-electron chi connectivity index (χ3n) is 1.79. The van der Waals surface area contributed by atoms with E-state index in [9.17, 15) is 4.79 Å². The van der Waals surface area contributed by atoms with Crippen LogP contribution in [0.5, 0.6) is 0 Å². The number of hydrogen-bond acceptors (Lipinski definition) is 4. The normalized spacial score (nSPS) is 9.87. The van der Waals surface area contributed by atoms with E-state index in [2.05, 4.69) is 0 Å². The molecule has 2 N–H and O–H groups in total. The van der Waals surface area contributed by atoms with Gasteiger partial charge < -0.3 is 14.8 Å². The van der Waals surface area contributed by atoms with Crippen LogP contribution in [0.1, 0.15) is 17.3 Å². The van der Waals surface area contributed by atoms with Gasteiger partial charge in [-0.05, 0) is 25.1 Å². The van der Waals surface area contributed by atoms with Crippen LogP contribution in [0.25, 0.3) is 0 Å². The first kappa shape index (κ1) is 12.0. The van der Waals surface area contributed by atoms with E-state index in [0.717, 1.165) is 0 Å². The minimum atomic E-state index is -1.70. The molecule has 0 bridgehead atoms. The fraction of sp³-hybridized carbons (Fsp3) is 0.222. The molecule has 0 aliphatic rings. The van der Waals surface area contributed by atoms with Gasteiger partial charge in [-0.25, -0.2) is 4.79 Å². The highest BCUT2D eigenvalue weighted by Gasteiger charge is 2.18. The molecule has 0 atom stereocenters. The Labute approximate surface area is 92.6 Å². The lowest BCUT2D eigenvalue weighted by Crippen LogP contribution is -2.31. The number of esters is 1. The molecule has 1 rings (SSSR count). The molecule has 0 aliphatic carbocycles. The molecule has 4 nitrogen and oxygen atoms in total. The van der Waals surface area contributed by atoms with Gasteiger partial charge in [0.2, 0.25) is 0 Å². The topological polar surface area (TPSA) is 66.8 Å². The second-order valence-corrected chi connectivity index (χ2v) is 3.24. The van der Waals surface area contributed by atoms with Crippen molar-refractivity contribution in [2.45, 2.75) is 6.92 Å². The third-order valence-corrected chi connectivity index (χ3v) is 2.13. The zero-order valence-electron chi connectivity index (χ0n) is 8.11. The molecule has 0 fully saturated rings. The summed E-state index contributed by atoms with van der Waals surface area (Å²) in [6, 6.07) is 4.18. The van der Waals surface area contributed by atoms with Crippen LogP contribution in [-0.2, 0) is 4.74 Å². The molecule has 0 saturated heterocycles. The Morgan fingerprint density at radius 3 is 2.73 bits per heavy atom. The summed E-state index contributed by atoms with van der Waals surface area (Å²) in [5.41, 5.74) is 0.326. The van der Waals surface area contributed by atoms with Gasteiger partial charge in [0.1, 0.15) is 0 Å². The average molecular weight is 228 g/mol. The van der Waals surface area contributed by atoms with Gasteiger partial charge >= 0.3 is 13.1 Å². The molecule has 80 valence electrons. The fourth-order valence-electron chi connectivity index (χ4n) is 1.08. The maximum Gasteiger partial charge on any atom is 0.489 e. The first-order valence-corrected chi connectivity index (χ1v) is 4.76. The van der Waals surface area contributed by atoms with Gasteiger partial charge in [-0.15, -0.1) is 0 Å². The number of carbonyl (C=O) groups excluding carboxylic acids is 1. The summed E-state index contributed by atoms with van der Waals surface area (Å²) in [6.07, 6.45) is 0. The van der Waals surface area contributed by atoms with E-state index in [4.69, 9.17) is 26.4 Å². The molecule has 0 aromatic heterocycles. The van der Waals surface area contributed by atoms with Crippen molar-refractivity contribution < 1.29 is 19.6 Å². The second kappa shape index (κ2) is 5.16. The van der Waals surface area contributed by atoms with Crippen LogP contribution in [0.4, 0.5) is 0 Å². The molecule has 0 radical (unpaired) electrons. The highest BCUT2D eigenvalue weighted by Crippen LogP contribution is 2.09. The van der Waals surface area contributed by atoms with Crippen LogP contribution in [0, 0.1) is 0 Å². The van der Waals surface area contributed by atoms with Crippen LogP contribution < -0.4 is 5.46 Å². The van der Waals surface area contributed by atoms with Crippen LogP contribution in [0.15, 0.2) is 18.2 Å². The van der Waals surface area contributed by atoms with E-state index in [-0.39, 0.29) is 22.7 Å². The lowest BCUT2D eigenvalue weighted by Gasteiger charge is -2.06. The van der Waals surface area contributed by atoms with Crippen molar-refractivity contribution in [3.63, 3.8) is 0 Å². The zero-order valence-corrected chi connectivity index (χ0v) is 8.86. The highest BCUT2D eigenvalue weighted by molar-refractivity contribution is 6.62.